The third-order valence-corrected chi connectivity index (χ3v) is 6.26. The van der Waals surface area contributed by atoms with Crippen molar-refractivity contribution >= 4 is 22.9 Å². The van der Waals surface area contributed by atoms with Crippen LogP contribution in [0.5, 0.6) is 0 Å². The monoisotopic (exact) mass is 507 g/mol. The number of hydrogen-bond acceptors (Lipinski definition) is 7. The van der Waals surface area contributed by atoms with Gasteiger partial charge in [-0.2, -0.15) is 23.4 Å². The molecule has 14 heteroatoms. The minimum atomic E-state index is -4.40. The van der Waals surface area contributed by atoms with Gasteiger partial charge in [-0.15, -0.1) is 11.3 Å². The second-order valence-corrected chi connectivity index (χ2v) is 8.72. The molecule has 4 aromatic rings. The zero-order chi connectivity index (χ0) is 24.6. The van der Waals surface area contributed by atoms with Gasteiger partial charge >= 0.3 is 6.18 Å². The number of nitrogens with one attached hydrogen (secondary N) is 2. The molecule has 1 aliphatic carbocycles. The second kappa shape index (κ2) is 9.19. The quantitative estimate of drug-likeness (QED) is 0.357. The van der Waals surface area contributed by atoms with Gasteiger partial charge < -0.3 is 10.1 Å². The van der Waals surface area contributed by atoms with Crippen LogP contribution in [0.15, 0.2) is 42.3 Å². The van der Waals surface area contributed by atoms with Crippen molar-refractivity contribution in [2.45, 2.75) is 31.2 Å². The second-order valence-electron chi connectivity index (χ2n) is 7.86. The first-order valence-corrected chi connectivity index (χ1v) is 11.3. The van der Waals surface area contributed by atoms with Crippen molar-refractivity contribution in [2.75, 3.05) is 11.9 Å². The smallest absolute Gasteiger partial charge is 0.369 e. The van der Waals surface area contributed by atoms with Crippen molar-refractivity contribution in [1.29, 1.82) is 0 Å². The summed E-state index contributed by atoms with van der Waals surface area (Å²) in [5.41, 5.74) is 1.11. The lowest BCUT2D eigenvalue weighted by Crippen LogP contribution is -2.36. The van der Waals surface area contributed by atoms with E-state index in [0.29, 0.717) is 17.8 Å². The molecule has 1 amide bonds. The van der Waals surface area contributed by atoms with Crippen molar-refractivity contribution in [2.24, 2.45) is 0 Å². The highest BCUT2D eigenvalue weighted by atomic mass is 32.1. The first-order valence-electron chi connectivity index (χ1n) is 10.4. The van der Waals surface area contributed by atoms with Gasteiger partial charge in [0.2, 0.25) is 0 Å². The van der Waals surface area contributed by atoms with Gasteiger partial charge in [-0.05, 0) is 25.0 Å². The molecule has 2 N–H and O–H groups in total. The van der Waals surface area contributed by atoms with Crippen LogP contribution in [0.3, 0.4) is 0 Å². The maximum absolute atomic E-state index is 14.5. The standard InChI is InChI=1S/C21H17F4N7O2S/c22-14-2-1-3-26-17(14)18-15(8-32(31-18)12-4-13(5-12)34-10-21(23,24)25)29-19(33)16-9-35-20(30-16)11-6-27-28-7-11/h1-3,6-9,12-13H,4-5,10H2,(H,27,28)(H,29,33). The summed E-state index contributed by atoms with van der Waals surface area (Å²) in [6.45, 7) is -1.32. The number of alkyl halides is 3. The summed E-state index contributed by atoms with van der Waals surface area (Å²) in [4.78, 5) is 21.2. The van der Waals surface area contributed by atoms with E-state index >= 15 is 0 Å². The Morgan fingerprint density at radius 1 is 1.31 bits per heavy atom. The van der Waals surface area contributed by atoms with Crippen LogP contribution in [0.1, 0.15) is 29.4 Å². The minimum Gasteiger partial charge on any atom is -0.369 e. The van der Waals surface area contributed by atoms with E-state index in [1.165, 1.54) is 40.5 Å². The SMILES string of the molecule is O=C(Nc1cn(C2CC(OCC(F)(F)F)C2)nc1-c1ncccc1F)c1csc(-c2cn[nH]c2)n1. The van der Waals surface area contributed by atoms with Crippen LogP contribution in [-0.4, -0.2) is 54.7 Å². The van der Waals surface area contributed by atoms with Crippen LogP contribution in [0.2, 0.25) is 0 Å². The molecule has 4 heterocycles. The van der Waals surface area contributed by atoms with Gasteiger partial charge in [0.1, 0.15) is 28.7 Å². The average Bonchev–Trinajstić information content (AvgIpc) is 3.53. The highest BCUT2D eigenvalue weighted by Gasteiger charge is 2.37. The molecule has 35 heavy (non-hydrogen) atoms. The molecular formula is C21H17F4N7O2S. The number of anilines is 1. The Bertz CT molecular complexity index is 1330. The molecule has 4 aromatic heterocycles. The number of carbonyl (C=O) groups excluding carboxylic acids is 1. The van der Waals surface area contributed by atoms with Gasteiger partial charge in [0, 0.05) is 29.5 Å². The number of amides is 1. The van der Waals surface area contributed by atoms with Gasteiger partial charge in [-0.1, -0.05) is 0 Å². The van der Waals surface area contributed by atoms with Gasteiger partial charge in [0.25, 0.3) is 5.91 Å². The predicted molar refractivity (Wildman–Crippen MR) is 117 cm³/mol. The van der Waals surface area contributed by atoms with Crippen LogP contribution >= 0.6 is 11.3 Å². The van der Waals surface area contributed by atoms with Crippen LogP contribution in [0.4, 0.5) is 23.2 Å². The van der Waals surface area contributed by atoms with E-state index in [2.05, 4.69) is 30.6 Å². The van der Waals surface area contributed by atoms with Crippen molar-refractivity contribution in [1.82, 2.24) is 29.9 Å². The fourth-order valence-electron chi connectivity index (χ4n) is 3.57. The molecule has 0 aliphatic heterocycles. The Balaban J connectivity index is 1.36. The van der Waals surface area contributed by atoms with Gasteiger partial charge in [0.05, 0.1) is 24.0 Å². The third-order valence-electron chi connectivity index (χ3n) is 5.37. The van der Waals surface area contributed by atoms with Gasteiger partial charge in [-0.25, -0.2) is 9.37 Å². The van der Waals surface area contributed by atoms with E-state index in [9.17, 15) is 22.4 Å². The molecule has 0 atom stereocenters. The summed E-state index contributed by atoms with van der Waals surface area (Å²) in [6, 6.07) is 2.38. The molecule has 9 nitrogen and oxygen atoms in total. The molecule has 0 unspecified atom stereocenters. The molecule has 0 radical (unpaired) electrons. The summed E-state index contributed by atoms with van der Waals surface area (Å²) in [7, 11) is 0. The Kier molecular flexibility index (Phi) is 6.06. The van der Waals surface area contributed by atoms with E-state index in [0.717, 1.165) is 5.56 Å². The number of pyridine rings is 1. The number of aromatic amines is 1. The Morgan fingerprint density at radius 3 is 2.86 bits per heavy atom. The predicted octanol–water partition coefficient (Wildman–Crippen LogP) is 4.47. The number of rotatable bonds is 7. The zero-order valence-electron chi connectivity index (χ0n) is 17.8. The maximum atomic E-state index is 14.5. The van der Waals surface area contributed by atoms with Crippen molar-refractivity contribution in [3.05, 3.63) is 53.8 Å². The first-order chi connectivity index (χ1) is 16.8. The maximum Gasteiger partial charge on any atom is 0.411 e. The number of hydrogen-bond donors (Lipinski definition) is 2. The van der Waals surface area contributed by atoms with E-state index in [4.69, 9.17) is 4.74 Å². The molecule has 0 bridgehead atoms. The summed E-state index contributed by atoms with van der Waals surface area (Å²) in [6.07, 6.45) is 1.78. The topological polar surface area (TPSA) is 111 Å². The number of thiazole rings is 1. The lowest BCUT2D eigenvalue weighted by atomic mass is 9.89. The Hall–Kier alpha value is -3.65. The third kappa shape index (κ3) is 5.07. The summed E-state index contributed by atoms with van der Waals surface area (Å²) in [5, 5.41) is 15.8. The fraction of sp³-hybridized carbons (Fsp3) is 0.286. The Morgan fingerprint density at radius 2 is 2.14 bits per heavy atom. The fourth-order valence-corrected chi connectivity index (χ4v) is 4.35. The molecule has 0 spiro atoms. The largest absolute Gasteiger partial charge is 0.411 e. The molecule has 0 saturated heterocycles. The number of aromatic nitrogens is 6. The van der Waals surface area contributed by atoms with E-state index < -0.39 is 30.6 Å². The summed E-state index contributed by atoms with van der Waals surface area (Å²) < 4.78 is 58.0. The van der Waals surface area contributed by atoms with Crippen molar-refractivity contribution in [3.8, 4) is 22.0 Å². The molecule has 1 fully saturated rings. The zero-order valence-corrected chi connectivity index (χ0v) is 18.6. The molecule has 0 aromatic carbocycles. The minimum absolute atomic E-state index is 0.0666. The summed E-state index contributed by atoms with van der Waals surface area (Å²) >= 11 is 1.26. The van der Waals surface area contributed by atoms with E-state index in [1.807, 2.05) is 0 Å². The summed E-state index contributed by atoms with van der Waals surface area (Å²) in [5.74, 6) is -1.17. The highest BCUT2D eigenvalue weighted by molar-refractivity contribution is 7.13. The van der Waals surface area contributed by atoms with Gasteiger partial charge in [0.15, 0.2) is 5.82 Å². The lowest BCUT2D eigenvalue weighted by molar-refractivity contribution is -0.196. The lowest BCUT2D eigenvalue weighted by Gasteiger charge is -2.35. The number of H-pyrrole nitrogens is 1. The van der Waals surface area contributed by atoms with Gasteiger partial charge in [-0.3, -0.25) is 19.6 Å². The van der Waals surface area contributed by atoms with Crippen molar-refractivity contribution in [3.63, 3.8) is 0 Å². The van der Waals surface area contributed by atoms with Crippen LogP contribution in [0.25, 0.3) is 22.0 Å². The highest BCUT2D eigenvalue weighted by Crippen LogP contribution is 2.38. The molecule has 182 valence electrons. The normalized spacial score (nSPS) is 17.8. The number of carbonyl (C=O) groups is 1. The van der Waals surface area contributed by atoms with E-state index in [1.54, 1.807) is 17.8 Å². The first kappa shape index (κ1) is 23.1. The molecular weight excluding hydrogens is 490 g/mol. The molecule has 1 aliphatic rings. The molecule has 5 rings (SSSR count). The van der Waals surface area contributed by atoms with E-state index in [-0.39, 0.29) is 28.8 Å². The average molecular weight is 507 g/mol. The van der Waals surface area contributed by atoms with Crippen molar-refractivity contribution < 1.29 is 27.1 Å². The molecule has 1 saturated carbocycles. The van der Waals surface area contributed by atoms with Crippen LogP contribution in [-0.2, 0) is 4.74 Å². The number of nitrogens with zero attached hydrogens (tertiary/aromatic N) is 5. The van der Waals surface area contributed by atoms with Crippen LogP contribution < -0.4 is 5.32 Å². The number of ether oxygens (including phenoxy) is 1. The number of halogens is 4. The van der Waals surface area contributed by atoms with Crippen LogP contribution in [0, 0.1) is 5.82 Å². The Labute approximate surface area is 199 Å².